The van der Waals surface area contributed by atoms with E-state index in [4.69, 9.17) is 11.6 Å². The zero-order chi connectivity index (χ0) is 13.3. The molecule has 0 N–H and O–H groups in total. The molecular weight excluding hydrogens is 248 g/mol. The lowest BCUT2D eigenvalue weighted by molar-refractivity contribution is -0.423. The molecule has 1 rings (SSSR count). The van der Waals surface area contributed by atoms with Crippen LogP contribution in [-0.4, -0.2) is 9.85 Å². The molecule has 0 spiro atoms. The molecule has 0 unspecified atom stereocenters. The Morgan fingerprint density at radius 3 is 2.00 bits per heavy atom. The van der Waals surface area contributed by atoms with Crippen molar-refractivity contribution >= 4 is 23.0 Å². The number of benzene rings is 1. The maximum atomic E-state index is 11.0. The van der Waals surface area contributed by atoms with Crippen LogP contribution in [0.3, 0.4) is 0 Å². The van der Waals surface area contributed by atoms with Gasteiger partial charge in [-0.15, -0.1) is 0 Å². The van der Waals surface area contributed by atoms with E-state index in [0.29, 0.717) is 0 Å². The van der Waals surface area contributed by atoms with E-state index in [0.717, 1.165) is 0 Å². The van der Waals surface area contributed by atoms with E-state index in [1.54, 1.807) is 13.8 Å². The Kier molecular flexibility index (Phi) is 3.67. The summed E-state index contributed by atoms with van der Waals surface area (Å²) in [5.41, 5.74) is -0.594. The molecule has 0 fully saturated rings. The van der Waals surface area contributed by atoms with Crippen molar-refractivity contribution in [2.24, 2.45) is 0 Å². The normalized spacial score (nSPS) is 10.6. The third-order valence-electron chi connectivity index (χ3n) is 2.48. The molecule has 0 aliphatic carbocycles. The fourth-order valence-electron chi connectivity index (χ4n) is 1.60. The first-order valence-corrected chi connectivity index (χ1v) is 5.27. The lowest BCUT2D eigenvalue weighted by atomic mass is 9.98. The topological polar surface area (TPSA) is 86.3 Å². The highest BCUT2D eigenvalue weighted by molar-refractivity contribution is 6.31. The van der Waals surface area contributed by atoms with Gasteiger partial charge in [-0.25, -0.2) is 0 Å². The fraction of sp³-hybridized carbons (Fsp3) is 0.400. The van der Waals surface area contributed by atoms with Gasteiger partial charge in [-0.2, -0.15) is 0 Å². The Bertz CT molecular complexity index is 500. The van der Waals surface area contributed by atoms with Crippen molar-refractivity contribution in [2.75, 3.05) is 0 Å². The molecule has 0 atom stereocenters. The van der Waals surface area contributed by atoms with Crippen molar-refractivity contribution in [1.82, 2.24) is 0 Å². The van der Waals surface area contributed by atoms with Crippen LogP contribution in [0.4, 0.5) is 11.4 Å². The Hall–Kier alpha value is -1.69. The maximum absolute atomic E-state index is 11.0. The van der Waals surface area contributed by atoms with Crippen LogP contribution in [-0.2, 0) is 0 Å². The third kappa shape index (κ3) is 2.36. The number of nitrogens with zero attached hydrogens (tertiary/aromatic N) is 2. The summed E-state index contributed by atoms with van der Waals surface area (Å²) in [5, 5.41) is 22.1. The minimum absolute atomic E-state index is 0.118. The highest BCUT2D eigenvalue weighted by Crippen LogP contribution is 2.41. The third-order valence-corrected chi connectivity index (χ3v) is 2.87. The first-order chi connectivity index (χ1) is 7.77. The largest absolute Gasteiger partial charge is 0.350 e. The second-order valence-corrected chi connectivity index (χ2v) is 4.35. The highest BCUT2D eigenvalue weighted by Gasteiger charge is 2.33. The van der Waals surface area contributed by atoms with Crippen LogP contribution < -0.4 is 0 Å². The van der Waals surface area contributed by atoms with Crippen molar-refractivity contribution in [3.63, 3.8) is 0 Å². The highest BCUT2D eigenvalue weighted by atomic mass is 35.5. The minimum Gasteiger partial charge on any atom is -0.258 e. The van der Waals surface area contributed by atoms with Gasteiger partial charge in [0.05, 0.1) is 20.4 Å². The Morgan fingerprint density at radius 2 is 1.65 bits per heavy atom. The average Bonchev–Trinajstić information content (AvgIpc) is 2.19. The molecule has 0 saturated carbocycles. The number of rotatable bonds is 3. The monoisotopic (exact) mass is 258 g/mol. The number of hydrogen-bond donors (Lipinski definition) is 0. The second-order valence-electron chi connectivity index (χ2n) is 3.94. The van der Waals surface area contributed by atoms with Crippen LogP contribution in [0.1, 0.15) is 30.9 Å². The number of hydrogen-bond acceptors (Lipinski definition) is 4. The average molecular weight is 259 g/mol. The van der Waals surface area contributed by atoms with Gasteiger partial charge in [-0.1, -0.05) is 25.4 Å². The van der Waals surface area contributed by atoms with Crippen LogP contribution in [0, 0.1) is 27.2 Å². The summed E-state index contributed by atoms with van der Waals surface area (Å²) in [4.78, 5) is 20.4. The van der Waals surface area contributed by atoms with Gasteiger partial charge in [-0.3, -0.25) is 20.2 Å². The Labute approximate surface area is 103 Å². The predicted octanol–water partition coefficient (Wildman–Crippen LogP) is 3.59. The zero-order valence-electron chi connectivity index (χ0n) is 9.56. The van der Waals surface area contributed by atoms with Crippen molar-refractivity contribution in [3.05, 3.63) is 42.4 Å². The van der Waals surface area contributed by atoms with E-state index in [1.165, 1.54) is 13.0 Å². The van der Waals surface area contributed by atoms with Crippen LogP contribution in [0.15, 0.2) is 6.07 Å². The minimum atomic E-state index is -0.759. The fourth-order valence-corrected chi connectivity index (χ4v) is 1.80. The molecule has 0 aromatic heterocycles. The summed E-state index contributed by atoms with van der Waals surface area (Å²) in [6, 6.07) is 1.42. The molecule has 0 aliphatic rings. The first kappa shape index (κ1) is 13.4. The van der Waals surface area contributed by atoms with Gasteiger partial charge < -0.3 is 0 Å². The van der Waals surface area contributed by atoms with Gasteiger partial charge in [0.15, 0.2) is 0 Å². The van der Waals surface area contributed by atoms with Crippen molar-refractivity contribution < 1.29 is 9.85 Å². The molecule has 7 heteroatoms. The van der Waals surface area contributed by atoms with Crippen LogP contribution >= 0.6 is 11.6 Å². The van der Waals surface area contributed by atoms with E-state index in [-0.39, 0.29) is 22.1 Å². The standard InChI is InChI=1S/C10H11ClN2O4/c1-5(2)7-4-8(11)6(3)9(12(14)15)10(7)13(16)17/h4-5H,1-3H3. The molecule has 6 nitrogen and oxygen atoms in total. The van der Waals surface area contributed by atoms with E-state index < -0.39 is 21.2 Å². The van der Waals surface area contributed by atoms with Gasteiger partial charge in [0.2, 0.25) is 0 Å². The lowest BCUT2D eigenvalue weighted by Crippen LogP contribution is -2.04. The molecular formula is C10H11ClN2O4. The summed E-state index contributed by atoms with van der Waals surface area (Å²) in [6.45, 7) is 4.84. The van der Waals surface area contributed by atoms with Crippen LogP contribution in [0.25, 0.3) is 0 Å². The number of nitro groups is 2. The molecule has 0 aliphatic heterocycles. The molecule has 0 radical (unpaired) electrons. The SMILES string of the molecule is Cc1c(Cl)cc(C(C)C)c([N+](=O)[O-])c1[N+](=O)[O-]. The van der Waals surface area contributed by atoms with Crippen molar-refractivity contribution in [3.8, 4) is 0 Å². The lowest BCUT2D eigenvalue weighted by Gasteiger charge is -2.09. The molecule has 92 valence electrons. The molecule has 0 amide bonds. The molecule has 0 heterocycles. The summed E-state index contributed by atoms with van der Waals surface area (Å²) in [7, 11) is 0. The zero-order valence-corrected chi connectivity index (χ0v) is 10.3. The van der Waals surface area contributed by atoms with E-state index in [1.807, 2.05) is 0 Å². The molecule has 0 bridgehead atoms. The summed E-state index contributed by atoms with van der Waals surface area (Å²) >= 11 is 5.86. The van der Waals surface area contributed by atoms with E-state index in [2.05, 4.69) is 0 Å². The number of nitro benzene ring substituents is 2. The summed E-state index contributed by atoms with van der Waals surface area (Å²) in [6.07, 6.45) is 0. The van der Waals surface area contributed by atoms with Crippen molar-refractivity contribution in [2.45, 2.75) is 26.7 Å². The van der Waals surface area contributed by atoms with E-state index >= 15 is 0 Å². The Morgan fingerprint density at radius 1 is 1.18 bits per heavy atom. The van der Waals surface area contributed by atoms with Gasteiger partial charge in [-0.05, 0) is 18.9 Å². The molecule has 0 saturated heterocycles. The number of halogens is 1. The van der Waals surface area contributed by atoms with E-state index in [9.17, 15) is 20.2 Å². The van der Waals surface area contributed by atoms with Gasteiger partial charge in [0.25, 0.3) is 0 Å². The van der Waals surface area contributed by atoms with Gasteiger partial charge in [0.1, 0.15) is 0 Å². The smallest absolute Gasteiger partial charge is 0.258 e. The van der Waals surface area contributed by atoms with Crippen molar-refractivity contribution in [1.29, 1.82) is 0 Å². The second kappa shape index (κ2) is 4.67. The van der Waals surface area contributed by atoms with Crippen LogP contribution in [0.2, 0.25) is 5.02 Å². The first-order valence-electron chi connectivity index (χ1n) is 4.89. The molecule has 1 aromatic rings. The maximum Gasteiger partial charge on any atom is 0.350 e. The summed E-state index contributed by atoms with van der Waals surface area (Å²) < 4.78 is 0. The van der Waals surface area contributed by atoms with Gasteiger partial charge >= 0.3 is 11.4 Å². The predicted molar refractivity (Wildman–Crippen MR) is 63.6 cm³/mol. The molecule has 17 heavy (non-hydrogen) atoms. The molecule has 1 aromatic carbocycles. The van der Waals surface area contributed by atoms with Gasteiger partial charge in [0, 0.05) is 5.56 Å². The quantitative estimate of drug-likeness (QED) is 0.612. The Balaban J connectivity index is 3.77. The van der Waals surface area contributed by atoms with Crippen LogP contribution in [0.5, 0.6) is 0 Å². The summed E-state index contributed by atoms with van der Waals surface area (Å²) in [5.74, 6) is -0.216.